The molecule has 27 heteroatoms. The van der Waals surface area contributed by atoms with Crippen LogP contribution in [0.3, 0.4) is 0 Å². The van der Waals surface area contributed by atoms with E-state index >= 15 is 0 Å². The lowest BCUT2D eigenvalue weighted by Crippen LogP contribution is -2.34. The number of unbranched alkanes of at least 4 members (excludes halogenated alkanes) is 1. The second-order valence-electron chi connectivity index (χ2n) is 11.5. The van der Waals surface area contributed by atoms with Crippen LogP contribution in [0.4, 0.5) is 4.79 Å². The van der Waals surface area contributed by atoms with Crippen LogP contribution in [0.25, 0.3) is 0 Å². The van der Waals surface area contributed by atoms with Crippen molar-refractivity contribution >= 4 is 72.7 Å². The molecule has 2 heterocycles. The molecule has 5 atom stereocenters. The second-order valence-corrected chi connectivity index (χ2v) is 21.6. The van der Waals surface area contributed by atoms with Gasteiger partial charge in [-0.3, -0.25) is 18.9 Å². The van der Waals surface area contributed by atoms with E-state index in [1.807, 2.05) is 6.92 Å². The van der Waals surface area contributed by atoms with Crippen molar-refractivity contribution in [1.29, 1.82) is 0 Å². The summed E-state index contributed by atoms with van der Waals surface area (Å²) in [6, 6.07) is 0. The fraction of sp³-hybridized carbons (Fsp3) is 0.741. The molecule has 0 radical (unpaired) electrons. The fourth-order valence-corrected chi connectivity index (χ4v) is 11.1. The summed E-state index contributed by atoms with van der Waals surface area (Å²) in [4.78, 5) is 76.1. The Kier molecular flexibility index (Phi) is 22.1. The average Bonchev–Trinajstić information content (AvgIpc) is 3.45. The van der Waals surface area contributed by atoms with Crippen molar-refractivity contribution in [2.45, 2.75) is 83.0 Å². The number of phosphoric acid groups is 3. The summed E-state index contributed by atoms with van der Waals surface area (Å²) in [6.45, 7) is 8.18. The van der Waals surface area contributed by atoms with E-state index in [0.29, 0.717) is 25.4 Å². The van der Waals surface area contributed by atoms with Gasteiger partial charge < -0.3 is 43.8 Å². The third kappa shape index (κ3) is 20.6. The smallest absolute Gasteiger partial charge is 0.450 e. The van der Waals surface area contributed by atoms with E-state index in [0.717, 1.165) is 29.4 Å². The van der Waals surface area contributed by atoms with E-state index in [4.69, 9.17) is 33.3 Å². The van der Waals surface area contributed by atoms with Gasteiger partial charge >= 0.3 is 35.3 Å². The number of carbonyl (C=O) groups is 1. The first-order chi connectivity index (χ1) is 25.3. The zero-order valence-corrected chi connectivity index (χ0v) is 35.8. The summed E-state index contributed by atoms with van der Waals surface area (Å²) >= 11 is 0. The molecule has 0 aliphatic carbocycles. The van der Waals surface area contributed by atoms with Crippen molar-refractivity contribution in [2.75, 3.05) is 44.0 Å². The van der Waals surface area contributed by atoms with Crippen molar-refractivity contribution in [1.82, 2.24) is 14.9 Å². The Bertz CT molecular complexity index is 1670. The van der Waals surface area contributed by atoms with Crippen molar-refractivity contribution in [3.8, 4) is 11.8 Å². The Labute approximate surface area is 327 Å². The summed E-state index contributed by atoms with van der Waals surface area (Å²) in [6.07, 6.45) is 0.686. The van der Waals surface area contributed by atoms with Crippen molar-refractivity contribution in [3.05, 3.63) is 32.6 Å². The molecule has 1 saturated heterocycles. The van der Waals surface area contributed by atoms with Gasteiger partial charge in [0.25, 0.3) is 5.56 Å². The maximum absolute atomic E-state index is 12.7. The molecule has 2 unspecified atom stereocenters. The molecule has 1 aliphatic heterocycles. The Balaban J connectivity index is 1.93. The van der Waals surface area contributed by atoms with Crippen LogP contribution in [0.15, 0.2) is 15.8 Å². The van der Waals surface area contributed by atoms with Gasteiger partial charge in [-0.2, -0.15) is 8.62 Å². The molecule has 1 fully saturated rings. The van der Waals surface area contributed by atoms with Gasteiger partial charge in [0.2, 0.25) is 0 Å². The van der Waals surface area contributed by atoms with E-state index in [9.17, 15) is 37.9 Å². The highest BCUT2D eigenvalue weighted by molar-refractivity contribution is 8.77. The number of alkyl carbamates (subject to hydrolysis) is 1. The minimum Gasteiger partial charge on any atom is -0.450 e. The largest absolute Gasteiger partial charge is 0.490 e. The molecule has 1 aromatic rings. The van der Waals surface area contributed by atoms with Gasteiger partial charge in [-0.1, -0.05) is 75.3 Å². The maximum Gasteiger partial charge on any atom is 0.490 e. The van der Waals surface area contributed by atoms with Crippen LogP contribution in [0.5, 0.6) is 0 Å². The number of H-pyrrole nitrogens is 1. The predicted octanol–water partition coefficient (Wildman–Crippen LogP) is 4.70. The van der Waals surface area contributed by atoms with Crippen LogP contribution in [0.1, 0.15) is 71.6 Å². The lowest BCUT2D eigenvalue weighted by Gasteiger charge is -2.22. The van der Waals surface area contributed by atoms with Crippen LogP contribution in [-0.4, -0.2) is 96.2 Å². The summed E-state index contributed by atoms with van der Waals surface area (Å²) in [7, 11) is -10.5. The molecule has 1 aromatic heterocycles. The van der Waals surface area contributed by atoms with Crippen LogP contribution < -0.4 is 16.6 Å². The van der Waals surface area contributed by atoms with Gasteiger partial charge in [0.15, 0.2) is 0 Å². The van der Waals surface area contributed by atoms with E-state index in [1.165, 1.54) is 21.6 Å². The normalized spacial score (nSPS) is 19.7. The monoisotopic (exact) mass is 905 g/mol. The summed E-state index contributed by atoms with van der Waals surface area (Å²) < 4.78 is 70.6. The van der Waals surface area contributed by atoms with Gasteiger partial charge in [-0.15, -0.1) is 0 Å². The Morgan fingerprint density at radius 3 is 2.46 bits per heavy atom. The molecule has 0 bridgehead atoms. The summed E-state index contributed by atoms with van der Waals surface area (Å²) in [5, 5.41) is 2.44. The molecule has 0 saturated carbocycles. The number of phosphoric ester groups is 1. The Morgan fingerprint density at radius 2 is 1.78 bits per heavy atom. The number of nitrogens with one attached hydrogen (secondary N) is 2. The van der Waals surface area contributed by atoms with E-state index in [-0.39, 0.29) is 35.8 Å². The zero-order chi connectivity index (χ0) is 40.4. The molecule has 1 aliphatic rings. The van der Waals surface area contributed by atoms with Gasteiger partial charge in [-0.25, -0.2) is 23.3 Å². The number of ether oxygens (including phenoxy) is 4. The van der Waals surface area contributed by atoms with Crippen molar-refractivity contribution < 1.29 is 70.2 Å². The van der Waals surface area contributed by atoms with Gasteiger partial charge in [-0.05, 0) is 33.1 Å². The molecule has 0 aromatic carbocycles. The SMILES string of the molecule is CCCC(C)(C)SSCOCCCCOC(=O)NCC#Cc1cn([C@H]2C[C@H](OCSSCC)[C@@H](COP(=O)(O)OP(=O)(O)OP(=O)(O)O)O2)c(=O)[nH]c1=O. The average molecular weight is 906 g/mol. The third-order valence-electron chi connectivity index (χ3n) is 6.54. The highest BCUT2D eigenvalue weighted by Gasteiger charge is 2.43. The first-order valence-electron chi connectivity index (χ1n) is 16.2. The number of hydrogen-bond donors (Lipinski definition) is 6. The fourth-order valence-electron chi connectivity index (χ4n) is 4.39. The summed E-state index contributed by atoms with van der Waals surface area (Å²) in [5.41, 5.74) is -1.87. The van der Waals surface area contributed by atoms with Gasteiger partial charge in [0.1, 0.15) is 29.8 Å². The third-order valence-corrected chi connectivity index (χ3v) is 15.5. The number of nitrogens with zero attached hydrogens (tertiary/aromatic N) is 1. The number of hydrogen-bond acceptors (Lipinski definition) is 17. The van der Waals surface area contributed by atoms with Crippen molar-refractivity contribution in [2.24, 2.45) is 0 Å². The second kappa shape index (κ2) is 24.2. The quantitative estimate of drug-likeness (QED) is 0.0255. The topological polar surface area (TPSA) is 281 Å². The first-order valence-corrected chi connectivity index (χ1v) is 25.5. The molecule has 310 valence electrons. The highest BCUT2D eigenvalue weighted by Crippen LogP contribution is 2.66. The number of aromatic nitrogens is 2. The van der Waals surface area contributed by atoms with Crippen LogP contribution in [-0.2, 0) is 45.8 Å². The minimum absolute atomic E-state index is 0.0461. The molecule has 6 N–H and O–H groups in total. The Morgan fingerprint density at radius 1 is 1.06 bits per heavy atom. The highest BCUT2D eigenvalue weighted by atomic mass is 33.1. The lowest BCUT2D eigenvalue weighted by atomic mass is 10.1. The molecule has 20 nitrogen and oxygen atoms in total. The molecular formula is C27H46N3O17P3S4. The first kappa shape index (κ1) is 49.3. The molecule has 54 heavy (non-hydrogen) atoms. The molecule has 2 rings (SSSR count). The van der Waals surface area contributed by atoms with Crippen LogP contribution >= 0.6 is 66.6 Å². The Hall–Kier alpha value is -0.800. The van der Waals surface area contributed by atoms with Gasteiger partial charge in [0, 0.05) is 29.7 Å². The minimum atomic E-state index is -5.76. The summed E-state index contributed by atoms with van der Waals surface area (Å²) in [5.74, 6) is 6.60. The molecule has 1 amide bonds. The molecular weight excluding hydrogens is 859 g/mol. The van der Waals surface area contributed by atoms with E-state index < -0.39 is 65.9 Å². The van der Waals surface area contributed by atoms with E-state index in [2.05, 4.69) is 51.5 Å². The number of carbonyl (C=O) groups excluding carboxylic acids is 1. The number of amides is 1. The standard InChI is InChI=1S/C27H46N3O17P3S4/c1-5-11-27(3,4)54-53-18-41-13-7-8-14-42-26(33)28-12-9-10-20-16-30(25(32)29-24(20)31)23-15-21(43-19-52-51-6-2)22(45-23)17-44-49(37,38)47-50(39,40)46-48(34,35)36/h16,21-23H,5-8,11-15,17-19H2,1-4H3,(H,28,33)(H,37,38)(H,39,40)(H,29,31,32)(H2,34,35,36)/t21-,22+,23+/m0/s1. The van der Waals surface area contributed by atoms with Crippen molar-refractivity contribution in [3.63, 3.8) is 0 Å². The number of aromatic amines is 1. The predicted molar refractivity (Wildman–Crippen MR) is 206 cm³/mol. The number of rotatable bonds is 25. The van der Waals surface area contributed by atoms with E-state index in [1.54, 1.807) is 21.6 Å². The lowest BCUT2D eigenvalue weighted by molar-refractivity contribution is -0.0543. The van der Waals surface area contributed by atoms with Gasteiger partial charge in [0.05, 0.1) is 25.9 Å². The molecule has 0 spiro atoms. The van der Waals surface area contributed by atoms with Crippen LogP contribution in [0.2, 0.25) is 0 Å². The zero-order valence-electron chi connectivity index (χ0n) is 29.8. The van der Waals surface area contributed by atoms with Crippen LogP contribution in [0, 0.1) is 11.8 Å². The maximum atomic E-state index is 12.7.